The second-order valence-electron chi connectivity index (χ2n) is 7.40. The van der Waals surface area contributed by atoms with E-state index >= 15 is 0 Å². The highest BCUT2D eigenvalue weighted by atomic mass is 19.1. The third-order valence-corrected chi connectivity index (χ3v) is 5.62. The van der Waals surface area contributed by atoms with Gasteiger partial charge in [-0.2, -0.15) is 0 Å². The molecule has 152 valence electrons. The van der Waals surface area contributed by atoms with Crippen LogP contribution in [0, 0.1) is 11.7 Å². The minimum atomic E-state index is -0.328. The first kappa shape index (κ1) is 19.2. The van der Waals surface area contributed by atoms with Crippen LogP contribution in [0.1, 0.15) is 6.42 Å². The molecule has 1 atom stereocenters. The van der Waals surface area contributed by atoms with Crippen LogP contribution in [0.2, 0.25) is 0 Å². The number of rotatable bonds is 4. The molecule has 0 saturated carbocycles. The van der Waals surface area contributed by atoms with Crippen molar-refractivity contribution in [3.05, 3.63) is 54.3 Å². The molecule has 6 nitrogen and oxygen atoms in total. The van der Waals surface area contributed by atoms with Crippen LogP contribution < -0.4 is 14.5 Å². The number of methoxy groups -OCH3 is 1. The first-order chi connectivity index (χ1) is 14.0. The maximum atomic E-state index is 13.1. The summed E-state index contributed by atoms with van der Waals surface area (Å²) in [6.07, 6.45) is 0.230. The number of carbonyl (C=O) groups is 2. The molecule has 29 heavy (non-hydrogen) atoms. The summed E-state index contributed by atoms with van der Waals surface area (Å²) < 4.78 is 18.3. The number of carbonyl (C=O) groups excluding carboxylic acids is 2. The van der Waals surface area contributed by atoms with E-state index in [-0.39, 0.29) is 30.0 Å². The highest BCUT2D eigenvalue weighted by Gasteiger charge is 2.38. The fourth-order valence-corrected chi connectivity index (χ4v) is 4.00. The quantitative estimate of drug-likeness (QED) is 0.796. The van der Waals surface area contributed by atoms with Crippen LogP contribution in [0.3, 0.4) is 0 Å². The Hall–Kier alpha value is -3.09. The first-order valence-corrected chi connectivity index (χ1v) is 9.79. The van der Waals surface area contributed by atoms with Crippen molar-refractivity contribution in [2.24, 2.45) is 5.92 Å². The Morgan fingerprint density at radius 3 is 2.45 bits per heavy atom. The van der Waals surface area contributed by atoms with Crippen molar-refractivity contribution in [1.82, 2.24) is 4.90 Å². The molecule has 2 amide bonds. The van der Waals surface area contributed by atoms with Gasteiger partial charge in [-0.25, -0.2) is 4.39 Å². The smallest absolute Gasteiger partial charge is 0.228 e. The lowest BCUT2D eigenvalue weighted by Gasteiger charge is -2.37. The number of piperazine rings is 1. The molecule has 2 aromatic rings. The molecule has 0 bridgehead atoms. The van der Waals surface area contributed by atoms with E-state index in [0.717, 1.165) is 11.4 Å². The minimum absolute atomic E-state index is 0.0301. The number of halogens is 1. The number of benzene rings is 2. The van der Waals surface area contributed by atoms with Gasteiger partial charge in [-0.05, 0) is 36.4 Å². The van der Waals surface area contributed by atoms with Gasteiger partial charge in [0.1, 0.15) is 11.6 Å². The summed E-state index contributed by atoms with van der Waals surface area (Å²) in [4.78, 5) is 31.2. The lowest BCUT2D eigenvalue weighted by atomic mass is 10.1. The second kappa shape index (κ2) is 8.11. The van der Waals surface area contributed by atoms with Crippen LogP contribution in [0.5, 0.6) is 5.75 Å². The monoisotopic (exact) mass is 397 g/mol. The van der Waals surface area contributed by atoms with E-state index < -0.39 is 0 Å². The largest absolute Gasteiger partial charge is 0.497 e. The molecule has 2 saturated heterocycles. The molecule has 7 heteroatoms. The summed E-state index contributed by atoms with van der Waals surface area (Å²) in [5.41, 5.74) is 1.71. The average molecular weight is 397 g/mol. The molecule has 0 aliphatic carbocycles. The van der Waals surface area contributed by atoms with Gasteiger partial charge in [0, 0.05) is 56.6 Å². The lowest BCUT2D eigenvalue weighted by molar-refractivity contribution is -0.136. The molecule has 2 aliphatic heterocycles. The van der Waals surface area contributed by atoms with Crippen molar-refractivity contribution in [3.8, 4) is 5.75 Å². The Morgan fingerprint density at radius 1 is 1.03 bits per heavy atom. The van der Waals surface area contributed by atoms with Crippen LogP contribution in [0.25, 0.3) is 0 Å². The average Bonchev–Trinajstić information content (AvgIpc) is 3.15. The van der Waals surface area contributed by atoms with Gasteiger partial charge in [0.2, 0.25) is 11.8 Å². The molecule has 0 spiro atoms. The van der Waals surface area contributed by atoms with Gasteiger partial charge in [0.15, 0.2) is 0 Å². The topological polar surface area (TPSA) is 53.1 Å². The summed E-state index contributed by atoms with van der Waals surface area (Å²) in [6, 6.07) is 13.7. The third kappa shape index (κ3) is 4.04. The molecule has 1 unspecified atom stereocenters. The Kier molecular flexibility index (Phi) is 5.38. The minimum Gasteiger partial charge on any atom is -0.497 e. The Balaban J connectivity index is 1.37. The van der Waals surface area contributed by atoms with E-state index in [1.807, 2.05) is 29.2 Å². The molecule has 2 aliphatic rings. The fourth-order valence-electron chi connectivity index (χ4n) is 4.00. The van der Waals surface area contributed by atoms with Gasteiger partial charge in [-0.1, -0.05) is 6.07 Å². The lowest BCUT2D eigenvalue weighted by Crippen LogP contribution is -2.50. The number of anilines is 2. The predicted molar refractivity (Wildman–Crippen MR) is 109 cm³/mol. The predicted octanol–water partition coefficient (Wildman–Crippen LogP) is 2.54. The van der Waals surface area contributed by atoms with Gasteiger partial charge >= 0.3 is 0 Å². The van der Waals surface area contributed by atoms with Gasteiger partial charge in [0.05, 0.1) is 13.0 Å². The van der Waals surface area contributed by atoms with Gasteiger partial charge in [-0.3, -0.25) is 9.59 Å². The molecule has 4 rings (SSSR count). The van der Waals surface area contributed by atoms with Crippen molar-refractivity contribution in [3.63, 3.8) is 0 Å². The van der Waals surface area contributed by atoms with E-state index in [2.05, 4.69) is 4.90 Å². The number of hydrogen-bond acceptors (Lipinski definition) is 4. The van der Waals surface area contributed by atoms with Crippen molar-refractivity contribution in [2.45, 2.75) is 6.42 Å². The zero-order valence-electron chi connectivity index (χ0n) is 16.4. The highest BCUT2D eigenvalue weighted by molar-refractivity contribution is 6.00. The maximum absolute atomic E-state index is 13.1. The van der Waals surface area contributed by atoms with Gasteiger partial charge in [0.25, 0.3) is 0 Å². The SMILES string of the molecule is COc1cccc(N2CC(C(=O)N3CCN(c4ccc(F)cc4)CC3)CC2=O)c1. The van der Waals surface area contributed by atoms with E-state index in [9.17, 15) is 14.0 Å². The number of amides is 2. The molecule has 0 N–H and O–H groups in total. The third-order valence-electron chi connectivity index (χ3n) is 5.62. The summed E-state index contributed by atoms with van der Waals surface area (Å²) in [5, 5.41) is 0. The highest BCUT2D eigenvalue weighted by Crippen LogP contribution is 2.29. The standard InChI is InChI=1S/C22H24FN3O3/c1-29-20-4-2-3-19(14-20)26-15-16(13-21(26)27)22(28)25-11-9-24(10-12-25)18-7-5-17(23)6-8-18/h2-8,14,16H,9-13,15H2,1H3. The van der Waals surface area contributed by atoms with E-state index in [1.165, 1.54) is 12.1 Å². The van der Waals surface area contributed by atoms with E-state index in [1.54, 1.807) is 24.1 Å². The normalized spacial score (nSPS) is 19.6. The van der Waals surface area contributed by atoms with Crippen molar-refractivity contribution >= 4 is 23.2 Å². The fraction of sp³-hybridized carbons (Fsp3) is 0.364. The summed E-state index contributed by atoms with van der Waals surface area (Å²) in [5.74, 6) is 0.0890. The van der Waals surface area contributed by atoms with Gasteiger partial charge < -0.3 is 19.4 Å². The molecular formula is C22H24FN3O3. The van der Waals surface area contributed by atoms with Crippen LogP contribution in [0.15, 0.2) is 48.5 Å². The van der Waals surface area contributed by atoms with Crippen LogP contribution in [0.4, 0.5) is 15.8 Å². The number of nitrogens with zero attached hydrogens (tertiary/aromatic N) is 3. The van der Waals surface area contributed by atoms with Crippen molar-refractivity contribution in [2.75, 3.05) is 49.6 Å². The Morgan fingerprint density at radius 2 is 1.76 bits per heavy atom. The van der Waals surface area contributed by atoms with Crippen LogP contribution >= 0.6 is 0 Å². The van der Waals surface area contributed by atoms with E-state index in [0.29, 0.717) is 38.5 Å². The summed E-state index contributed by atoms with van der Waals surface area (Å²) >= 11 is 0. The molecule has 0 aromatic heterocycles. The molecular weight excluding hydrogens is 373 g/mol. The number of ether oxygens (including phenoxy) is 1. The summed E-state index contributed by atoms with van der Waals surface area (Å²) in [7, 11) is 1.59. The molecule has 0 radical (unpaired) electrons. The zero-order chi connectivity index (χ0) is 20.4. The first-order valence-electron chi connectivity index (χ1n) is 9.79. The Bertz CT molecular complexity index is 894. The van der Waals surface area contributed by atoms with Crippen LogP contribution in [-0.4, -0.2) is 56.5 Å². The van der Waals surface area contributed by atoms with E-state index in [4.69, 9.17) is 4.74 Å². The van der Waals surface area contributed by atoms with Gasteiger partial charge in [-0.15, -0.1) is 0 Å². The zero-order valence-corrected chi connectivity index (χ0v) is 16.4. The second-order valence-corrected chi connectivity index (χ2v) is 7.40. The Labute approximate surface area is 169 Å². The van der Waals surface area contributed by atoms with Crippen molar-refractivity contribution in [1.29, 1.82) is 0 Å². The summed E-state index contributed by atoms with van der Waals surface area (Å²) in [6.45, 7) is 2.97. The van der Waals surface area contributed by atoms with Crippen LogP contribution in [-0.2, 0) is 9.59 Å². The molecule has 2 aromatic carbocycles. The van der Waals surface area contributed by atoms with Crippen molar-refractivity contribution < 1.29 is 18.7 Å². The number of hydrogen-bond donors (Lipinski definition) is 0. The molecule has 2 fully saturated rings. The maximum Gasteiger partial charge on any atom is 0.228 e. The molecule has 2 heterocycles.